The third-order valence-corrected chi connectivity index (χ3v) is 10.5. The predicted octanol–water partition coefficient (Wildman–Crippen LogP) is 8.34. The highest BCUT2D eigenvalue weighted by Crippen LogP contribution is 2.43. The molecule has 3 unspecified atom stereocenters. The summed E-state index contributed by atoms with van der Waals surface area (Å²) in [6.45, 7) is 1.99. The smallest absolute Gasteiger partial charge is 0.326 e. The minimum atomic E-state index is -0.329. The summed E-state index contributed by atoms with van der Waals surface area (Å²) in [7, 11) is 1.63. The van der Waals surface area contributed by atoms with E-state index in [9.17, 15) is 9.59 Å². The monoisotopic (exact) mass is 626 g/mol. The van der Waals surface area contributed by atoms with Crippen LogP contribution in [0.25, 0.3) is 11.3 Å². The van der Waals surface area contributed by atoms with E-state index < -0.39 is 0 Å². The molecule has 43 heavy (non-hydrogen) atoms. The second-order valence-electron chi connectivity index (χ2n) is 9.91. The quantitative estimate of drug-likeness (QED) is 0.191. The number of fused-ring (bicyclic) bond motifs is 2. The maximum Gasteiger partial charge on any atom is 0.326 e. The Kier molecular flexibility index (Phi) is 8.87. The molecular weight excluding hydrogens is 597 g/mol. The number of thioether (sulfide) groups is 2. The fourth-order valence-corrected chi connectivity index (χ4v) is 7.95. The largest absolute Gasteiger partial charge is 0.497 e. The fourth-order valence-electron chi connectivity index (χ4n) is 4.95. The minimum Gasteiger partial charge on any atom is -0.497 e. The highest BCUT2D eigenvalue weighted by Gasteiger charge is 2.36. The van der Waals surface area contributed by atoms with Crippen LogP contribution in [-0.2, 0) is 4.79 Å². The van der Waals surface area contributed by atoms with E-state index in [4.69, 9.17) is 4.74 Å². The SMILES string of the molecule is CCC(Sc1cccc(NC(=O)N2c3ccccc3SC3C=CC=CC32)c1)C(=O)Nc1nc(-c2ccc(OC)cc2)cs1. The Morgan fingerprint density at radius 3 is 2.65 bits per heavy atom. The van der Waals surface area contributed by atoms with Crippen molar-refractivity contribution in [1.82, 2.24) is 4.98 Å². The van der Waals surface area contributed by atoms with Crippen LogP contribution in [0.2, 0.25) is 0 Å². The van der Waals surface area contributed by atoms with Crippen molar-refractivity contribution in [2.24, 2.45) is 0 Å². The van der Waals surface area contributed by atoms with E-state index in [0.29, 0.717) is 17.2 Å². The number of methoxy groups -OCH3 is 1. The van der Waals surface area contributed by atoms with Gasteiger partial charge in [-0.1, -0.05) is 49.4 Å². The summed E-state index contributed by atoms with van der Waals surface area (Å²) in [6, 6.07) is 23.1. The van der Waals surface area contributed by atoms with E-state index in [1.807, 2.05) is 96.1 Å². The average Bonchev–Trinajstić information content (AvgIpc) is 3.50. The van der Waals surface area contributed by atoms with E-state index in [-0.39, 0.29) is 28.5 Å². The van der Waals surface area contributed by atoms with Crippen LogP contribution in [-0.4, -0.2) is 40.6 Å². The molecular formula is C33H30N4O3S3. The highest BCUT2D eigenvalue weighted by atomic mass is 32.2. The first-order chi connectivity index (χ1) is 21.0. The van der Waals surface area contributed by atoms with Gasteiger partial charge in [0.2, 0.25) is 5.91 Å². The summed E-state index contributed by atoms with van der Waals surface area (Å²) < 4.78 is 5.23. The van der Waals surface area contributed by atoms with Crippen LogP contribution in [0.4, 0.5) is 21.3 Å². The lowest BCUT2D eigenvalue weighted by molar-refractivity contribution is -0.115. The fraction of sp³-hybridized carbons (Fsp3) is 0.182. The van der Waals surface area contributed by atoms with Crippen molar-refractivity contribution in [3.8, 4) is 17.0 Å². The number of thiazole rings is 1. The molecule has 0 spiro atoms. The number of carbonyl (C=O) groups excluding carboxylic acids is 2. The summed E-state index contributed by atoms with van der Waals surface area (Å²) in [5, 5.41) is 8.40. The lowest BCUT2D eigenvalue weighted by Gasteiger charge is -2.40. The first-order valence-electron chi connectivity index (χ1n) is 13.9. The number of carbonyl (C=O) groups is 2. The molecule has 2 heterocycles. The van der Waals surface area contributed by atoms with Crippen LogP contribution in [0.1, 0.15) is 13.3 Å². The van der Waals surface area contributed by atoms with Gasteiger partial charge in [-0.15, -0.1) is 34.9 Å². The Hall–Kier alpha value is -3.99. The molecule has 7 nitrogen and oxygen atoms in total. The van der Waals surface area contributed by atoms with Gasteiger partial charge >= 0.3 is 6.03 Å². The lowest BCUT2D eigenvalue weighted by Crippen LogP contribution is -2.49. The summed E-state index contributed by atoms with van der Waals surface area (Å²) in [6.07, 6.45) is 8.88. The van der Waals surface area contributed by atoms with Crippen molar-refractivity contribution in [3.05, 3.63) is 102 Å². The number of aromatic nitrogens is 1. The van der Waals surface area contributed by atoms with Crippen molar-refractivity contribution in [2.75, 3.05) is 22.6 Å². The Bertz CT molecular complexity index is 1680. The first kappa shape index (κ1) is 29.1. The normalized spacial score (nSPS) is 17.5. The van der Waals surface area contributed by atoms with Gasteiger partial charge in [0.1, 0.15) is 5.75 Å². The molecule has 0 bridgehead atoms. The van der Waals surface area contributed by atoms with Crippen LogP contribution in [0, 0.1) is 0 Å². The molecule has 1 aliphatic heterocycles. The molecule has 0 saturated carbocycles. The number of ether oxygens (including phenoxy) is 1. The number of urea groups is 1. The predicted molar refractivity (Wildman–Crippen MR) is 179 cm³/mol. The van der Waals surface area contributed by atoms with Gasteiger partial charge in [0.25, 0.3) is 0 Å². The molecule has 2 aliphatic rings. The van der Waals surface area contributed by atoms with Crippen molar-refractivity contribution < 1.29 is 14.3 Å². The molecule has 6 rings (SSSR count). The number of benzene rings is 3. The molecule has 4 aromatic rings. The van der Waals surface area contributed by atoms with Crippen molar-refractivity contribution in [1.29, 1.82) is 0 Å². The number of nitrogens with zero attached hydrogens (tertiary/aromatic N) is 2. The first-order valence-corrected chi connectivity index (χ1v) is 16.5. The van der Waals surface area contributed by atoms with Crippen molar-refractivity contribution in [3.63, 3.8) is 0 Å². The Balaban J connectivity index is 1.12. The minimum absolute atomic E-state index is 0.0771. The van der Waals surface area contributed by atoms with E-state index in [1.165, 1.54) is 23.1 Å². The molecule has 0 radical (unpaired) electrons. The number of nitrogens with one attached hydrogen (secondary N) is 2. The lowest BCUT2D eigenvalue weighted by atomic mass is 10.1. The standard InChI is InChI=1S/C33H30N4O3S3/c1-3-28(31(38)36-32-35-25(20-41-32)21-15-17-23(40-2)18-16-21)42-24-10-8-9-22(19-24)34-33(39)37-26-11-4-6-13-29(26)43-30-14-7-5-12-27(30)37/h4-20,26,28-29H,3H2,1-2H3,(H,34,39)(H,35,36,38). The topological polar surface area (TPSA) is 83.6 Å². The molecule has 3 amide bonds. The Morgan fingerprint density at radius 1 is 1.02 bits per heavy atom. The zero-order chi connectivity index (χ0) is 29.8. The molecule has 3 aromatic carbocycles. The number of para-hydroxylation sites is 1. The van der Waals surface area contributed by atoms with Crippen LogP contribution in [0.5, 0.6) is 5.75 Å². The van der Waals surface area contributed by atoms with Crippen LogP contribution < -0.4 is 20.3 Å². The second-order valence-corrected chi connectivity index (χ2v) is 13.3. The summed E-state index contributed by atoms with van der Waals surface area (Å²) in [5.41, 5.74) is 3.33. The molecule has 1 aromatic heterocycles. The Labute approximate surface area is 263 Å². The number of allylic oxidation sites excluding steroid dienone is 2. The third kappa shape index (κ3) is 6.51. The second kappa shape index (κ2) is 13.1. The molecule has 218 valence electrons. The molecule has 3 atom stereocenters. The van der Waals surface area contributed by atoms with E-state index in [2.05, 4.69) is 33.8 Å². The van der Waals surface area contributed by atoms with Gasteiger partial charge in [-0.3, -0.25) is 9.69 Å². The van der Waals surface area contributed by atoms with Gasteiger partial charge in [-0.05, 0) is 61.0 Å². The van der Waals surface area contributed by atoms with Gasteiger partial charge in [-0.25, -0.2) is 9.78 Å². The molecule has 0 saturated heterocycles. The third-order valence-electron chi connectivity index (χ3n) is 7.11. The molecule has 0 fully saturated rings. The zero-order valence-electron chi connectivity index (χ0n) is 23.6. The van der Waals surface area contributed by atoms with E-state index in [1.54, 1.807) is 18.9 Å². The van der Waals surface area contributed by atoms with E-state index in [0.717, 1.165) is 32.5 Å². The van der Waals surface area contributed by atoms with Gasteiger partial charge in [0.15, 0.2) is 5.13 Å². The van der Waals surface area contributed by atoms with Gasteiger partial charge in [-0.2, -0.15) is 0 Å². The van der Waals surface area contributed by atoms with Crippen LogP contribution >= 0.6 is 34.9 Å². The number of rotatable bonds is 8. The zero-order valence-corrected chi connectivity index (χ0v) is 26.0. The maximum atomic E-state index is 13.7. The Morgan fingerprint density at radius 2 is 1.84 bits per heavy atom. The van der Waals surface area contributed by atoms with Crippen molar-refractivity contribution >= 4 is 63.3 Å². The summed E-state index contributed by atoms with van der Waals surface area (Å²) in [4.78, 5) is 35.3. The van der Waals surface area contributed by atoms with E-state index >= 15 is 0 Å². The van der Waals surface area contributed by atoms with Crippen LogP contribution in [0.3, 0.4) is 0 Å². The van der Waals surface area contributed by atoms with Gasteiger partial charge < -0.3 is 15.4 Å². The van der Waals surface area contributed by atoms with Gasteiger partial charge in [0, 0.05) is 26.4 Å². The molecule has 2 N–H and O–H groups in total. The summed E-state index contributed by atoms with van der Waals surface area (Å²) in [5.74, 6) is 0.672. The van der Waals surface area contributed by atoms with Crippen LogP contribution in [0.15, 0.2) is 112 Å². The summed E-state index contributed by atoms with van der Waals surface area (Å²) >= 11 is 4.64. The highest BCUT2D eigenvalue weighted by molar-refractivity contribution is 8.00. The number of hydrogen-bond acceptors (Lipinski definition) is 7. The van der Waals surface area contributed by atoms with Crippen molar-refractivity contribution in [2.45, 2.75) is 39.7 Å². The molecule has 10 heteroatoms. The average molecular weight is 627 g/mol. The number of anilines is 3. The molecule has 1 aliphatic carbocycles. The number of amides is 3. The van der Waals surface area contributed by atoms with Gasteiger partial charge in [0.05, 0.1) is 35.0 Å². The number of hydrogen-bond donors (Lipinski definition) is 2. The maximum absolute atomic E-state index is 13.7.